The number of methoxy groups -OCH3 is 2. The lowest BCUT2D eigenvalue weighted by Gasteiger charge is -2.39. The Morgan fingerprint density at radius 3 is 1.78 bits per heavy atom. The van der Waals surface area contributed by atoms with E-state index in [1.807, 2.05) is 61.5 Å². The zero-order valence-corrected chi connectivity index (χ0v) is 20.2. The van der Waals surface area contributed by atoms with Gasteiger partial charge >= 0.3 is 0 Å². The number of rotatable bonds is 12. The van der Waals surface area contributed by atoms with Crippen LogP contribution in [0.1, 0.15) is 43.7 Å². The molecule has 32 heavy (non-hydrogen) atoms. The average Bonchev–Trinajstić information content (AvgIpc) is 2.76. The Morgan fingerprint density at radius 1 is 0.969 bits per heavy atom. The second-order valence-corrected chi connectivity index (χ2v) is 10.8. The highest BCUT2D eigenvalue weighted by Gasteiger charge is 2.43. The molecule has 0 N–H and O–H groups in total. The minimum Gasteiger partial charge on any atom is -0.497 e. The first-order valence-electron chi connectivity index (χ1n) is 11.2. The Hall–Kier alpha value is -2.31. The van der Waals surface area contributed by atoms with Crippen molar-refractivity contribution in [1.29, 1.82) is 0 Å². The standard InChI is InChI=1S/C26H35NO4S/c1-5-7-20(2)26(23-8-6-9-23)32(28,29)27(18-21-10-14-24(30-3)15-11-21)19-22-12-16-25(31-4)17-13-22/h5,10-17,20,23,26H,1,6-9,18-19H2,2-4H3/t20-,26+/m0/s1. The van der Waals surface area contributed by atoms with Crippen LogP contribution in [0.15, 0.2) is 61.2 Å². The van der Waals surface area contributed by atoms with Crippen molar-refractivity contribution in [3.8, 4) is 11.5 Å². The van der Waals surface area contributed by atoms with Crippen LogP contribution in [0.4, 0.5) is 0 Å². The molecule has 2 atom stereocenters. The Kier molecular flexibility index (Phi) is 8.38. The summed E-state index contributed by atoms with van der Waals surface area (Å²) in [6.45, 7) is 6.54. The molecule has 6 heteroatoms. The lowest BCUT2D eigenvalue weighted by Crippen LogP contribution is -2.46. The van der Waals surface area contributed by atoms with E-state index in [2.05, 4.69) is 6.58 Å². The third-order valence-corrected chi connectivity index (χ3v) is 8.97. The smallest absolute Gasteiger partial charge is 0.218 e. The zero-order chi connectivity index (χ0) is 23.1. The third kappa shape index (κ3) is 5.73. The molecular weight excluding hydrogens is 422 g/mol. The number of nitrogens with zero attached hydrogens (tertiary/aromatic N) is 1. The van der Waals surface area contributed by atoms with Crippen LogP contribution in [0.5, 0.6) is 11.5 Å². The summed E-state index contributed by atoms with van der Waals surface area (Å²) in [7, 11) is -0.300. The zero-order valence-electron chi connectivity index (χ0n) is 19.4. The van der Waals surface area contributed by atoms with Gasteiger partial charge in [0.1, 0.15) is 11.5 Å². The Bertz CT molecular complexity index is 916. The van der Waals surface area contributed by atoms with E-state index >= 15 is 0 Å². The van der Waals surface area contributed by atoms with Gasteiger partial charge in [-0.15, -0.1) is 6.58 Å². The fraction of sp³-hybridized carbons (Fsp3) is 0.462. The average molecular weight is 458 g/mol. The van der Waals surface area contributed by atoms with Crippen LogP contribution in [0.25, 0.3) is 0 Å². The molecule has 174 valence electrons. The van der Waals surface area contributed by atoms with Crippen molar-refractivity contribution in [2.45, 2.75) is 50.9 Å². The topological polar surface area (TPSA) is 55.8 Å². The predicted molar refractivity (Wildman–Crippen MR) is 129 cm³/mol. The molecule has 0 saturated heterocycles. The molecule has 0 spiro atoms. The summed E-state index contributed by atoms with van der Waals surface area (Å²) in [6, 6.07) is 15.2. The molecule has 2 aromatic rings. The number of sulfonamides is 1. The monoisotopic (exact) mass is 457 g/mol. The molecule has 0 heterocycles. The molecule has 2 aromatic carbocycles. The van der Waals surface area contributed by atoms with Crippen molar-refractivity contribution >= 4 is 10.0 Å². The van der Waals surface area contributed by atoms with Crippen LogP contribution in [0, 0.1) is 11.8 Å². The molecular formula is C26H35NO4S. The summed E-state index contributed by atoms with van der Waals surface area (Å²) in [5.74, 6) is 1.75. The Labute approximate surface area is 193 Å². The van der Waals surface area contributed by atoms with E-state index < -0.39 is 15.3 Å². The molecule has 0 amide bonds. The minimum atomic E-state index is -3.55. The summed E-state index contributed by atoms with van der Waals surface area (Å²) in [6.07, 6.45) is 5.59. The van der Waals surface area contributed by atoms with Crippen molar-refractivity contribution in [1.82, 2.24) is 4.31 Å². The first kappa shape index (κ1) is 24.3. The number of hydrogen-bond donors (Lipinski definition) is 0. The lowest BCUT2D eigenvalue weighted by atomic mass is 9.78. The number of hydrogen-bond acceptors (Lipinski definition) is 4. The number of ether oxygens (including phenoxy) is 2. The van der Waals surface area contributed by atoms with Gasteiger partial charge in [-0.3, -0.25) is 0 Å². The molecule has 1 saturated carbocycles. The van der Waals surface area contributed by atoms with E-state index in [0.717, 1.165) is 41.9 Å². The van der Waals surface area contributed by atoms with E-state index in [-0.39, 0.29) is 11.8 Å². The van der Waals surface area contributed by atoms with Crippen molar-refractivity contribution < 1.29 is 17.9 Å². The number of benzene rings is 2. The van der Waals surface area contributed by atoms with Crippen LogP contribution in [0.2, 0.25) is 0 Å². The van der Waals surface area contributed by atoms with Crippen molar-refractivity contribution in [2.24, 2.45) is 11.8 Å². The summed E-state index contributed by atoms with van der Waals surface area (Å²) in [5, 5.41) is -0.397. The van der Waals surface area contributed by atoms with Gasteiger partial charge in [0.15, 0.2) is 0 Å². The Balaban J connectivity index is 1.94. The maximum absolute atomic E-state index is 14.1. The van der Waals surface area contributed by atoms with E-state index in [1.165, 1.54) is 0 Å². The van der Waals surface area contributed by atoms with Crippen LogP contribution in [-0.4, -0.2) is 32.2 Å². The van der Waals surface area contributed by atoms with Gasteiger partial charge in [-0.05, 0) is 66.5 Å². The summed E-state index contributed by atoms with van der Waals surface area (Å²) in [5.41, 5.74) is 1.87. The second-order valence-electron chi connectivity index (χ2n) is 8.67. The van der Waals surface area contributed by atoms with Gasteiger partial charge in [0.2, 0.25) is 10.0 Å². The van der Waals surface area contributed by atoms with E-state index in [9.17, 15) is 8.42 Å². The van der Waals surface area contributed by atoms with E-state index in [4.69, 9.17) is 9.47 Å². The van der Waals surface area contributed by atoms with Gasteiger partial charge in [-0.2, -0.15) is 4.31 Å². The van der Waals surface area contributed by atoms with Gasteiger partial charge in [0, 0.05) is 13.1 Å². The molecule has 0 radical (unpaired) electrons. The molecule has 0 aromatic heterocycles. The first-order chi connectivity index (χ1) is 15.4. The van der Waals surface area contributed by atoms with Gasteiger partial charge in [0.25, 0.3) is 0 Å². The molecule has 3 rings (SSSR count). The van der Waals surface area contributed by atoms with Crippen LogP contribution in [0.3, 0.4) is 0 Å². The molecule has 0 unspecified atom stereocenters. The van der Waals surface area contributed by atoms with Crippen LogP contribution >= 0.6 is 0 Å². The SMILES string of the molecule is C=CC[C@H](C)[C@H](C1CCC1)S(=O)(=O)N(Cc1ccc(OC)cc1)Cc1ccc(OC)cc1. The Morgan fingerprint density at radius 2 is 1.44 bits per heavy atom. The quantitative estimate of drug-likeness (QED) is 0.400. The second kappa shape index (κ2) is 11.0. The largest absolute Gasteiger partial charge is 0.497 e. The third-order valence-electron chi connectivity index (χ3n) is 6.45. The first-order valence-corrected chi connectivity index (χ1v) is 12.7. The molecule has 1 aliphatic carbocycles. The highest BCUT2D eigenvalue weighted by atomic mass is 32.2. The molecule has 5 nitrogen and oxygen atoms in total. The lowest BCUT2D eigenvalue weighted by molar-refractivity contribution is 0.247. The number of allylic oxidation sites excluding steroid dienone is 1. The van der Waals surface area contributed by atoms with E-state index in [0.29, 0.717) is 19.5 Å². The van der Waals surface area contributed by atoms with Crippen LogP contribution < -0.4 is 9.47 Å². The van der Waals surface area contributed by atoms with Gasteiger partial charge in [-0.1, -0.05) is 43.7 Å². The van der Waals surface area contributed by atoms with Crippen molar-refractivity contribution in [3.05, 3.63) is 72.3 Å². The highest BCUT2D eigenvalue weighted by molar-refractivity contribution is 7.89. The summed E-state index contributed by atoms with van der Waals surface area (Å²) >= 11 is 0. The normalized spacial score (nSPS) is 16.2. The fourth-order valence-electron chi connectivity index (χ4n) is 4.44. The van der Waals surface area contributed by atoms with Crippen LogP contribution in [-0.2, 0) is 23.1 Å². The minimum absolute atomic E-state index is 0.0250. The molecule has 1 fully saturated rings. The maximum Gasteiger partial charge on any atom is 0.218 e. The van der Waals surface area contributed by atoms with Crippen molar-refractivity contribution in [3.63, 3.8) is 0 Å². The summed E-state index contributed by atoms with van der Waals surface area (Å²) in [4.78, 5) is 0. The summed E-state index contributed by atoms with van der Waals surface area (Å²) < 4.78 is 40.3. The highest BCUT2D eigenvalue weighted by Crippen LogP contribution is 2.39. The molecule has 1 aliphatic rings. The van der Waals surface area contributed by atoms with Crippen molar-refractivity contribution in [2.75, 3.05) is 14.2 Å². The molecule has 0 bridgehead atoms. The maximum atomic E-state index is 14.1. The van der Waals surface area contributed by atoms with E-state index in [1.54, 1.807) is 18.5 Å². The van der Waals surface area contributed by atoms with Gasteiger partial charge in [-0.25, -0.2) is 8.42 Å². The van der Waals surface area contributed by atoms with Gasteiger partial charge < -0.3 is 9.47 Å². The molecule has 0 aliphatic heterocycles. The van der Waals surface area contributed by atoms with Gasteiger partial charge in [0.05, 0.1) is 19.5 Å². The fourth-order valence-corrected chi connectivity index (χ4v) is 6.90. The predicted octanol–water partition coefficient (Wildman–Crippen LogP) is 5.42.